The minimum atomic E-state index is -0.405. The maximum absolute atomic E-state index is 11.8. The number of nitrogens with one attached hydrogen (secondary N) is 2. The Morgan fingerprint density at radius 1 is 1.44 bits per heavy atom. The van der Waals surface area contributed by atoms with E-state index in [4.69, 9.17) is 16.0 Å². The van der Waals surface area contributed by atoms with Crippen LogP contribution in [0, 0.1) is 0 Å². The summed E-state index contributed by atoms with van der Waals surface area (Å²) in [6.45, 7) is 2.88. The van der Waals surface area contributed by atoms with Crippen molar-refractivity contribution >= 4 is 23.4 Å². The highest BCUT2D eigenvalue weighted by molar-refractivity contribution is 6.32. The zero-order chi connectivity index (χ0) is 13.0. The summed E-state index contributed by atoms with van der Waals surface area (Å²) in [5, 5.41) is 5.71. The number of piperazine rings is 1. The molecule has 0 aromatic carbocycles. The number of carbonyl (C=O) groups excluding carboxylic acids is 2. The summed E-state index contributed by atoms with van der Waals surface area (Å²) < 4.78 is 4.81. The minimum absolute atomic E-state index is 0.0274. The van der Waals surface area contributed by atoms with Crippen LogP contribution >= 0.6 is 11.6 Å². The second kappa shape index (κ2) is 5.88. The lowest BCUT2D eigenvalue weighted by Crippen LogP contribution is -2.49. The molecule has 2 amide bonds. The first-order chi connectivity index (χ1) is 8.68. The third kappa shape index (κ3) is 3.02. The number of furan rings is 1. The summed E-state index contributed by atoms with van der Waals surface area (Å²) in [5.41, 5.74) is 0.241. The van der Waals surface area contributed by atoms with E-state index in [1.165, 1.54) is 12.3 Å². The molecule has 6 nitrogen and oxygen atoms in total. The van der Waals surface area contributed by atoms with Gasteiger partial charge in [-0.3, -0.25) is 9.59 Å². The highest BCUT2D eigenvalue weighted by Gasteiger charge is 2.18. The number of rotatable bonds is 3. The molecule has 0 spiro atoms. The standard InChI is InChI=1S/C11H14ClN3O3/c12-10-8(1-6-18-10)11(17)14-7-9(16)15-4-2-13-3-5-15/h1,6,13H,2-5,7H2,(H,14,17). The van der Waals surface area contributed by atoms with Gasteiger partial charge in [0, 0.05) is 26.2 Å². The van der Waals surface area contributed by atoms with Gasteiger partial charge in [0.05, 0.1) is 18.4 Å². The number of halogens is 1. The predicted octanol–water partition coefficient (Wildman–Crippen LogP) is 0.0946. The molecule has 0 radical (unpaired) electrons. The molecule has 1 aliphatic rings. The van der Waals surface area contributed by atoms with Crippen LogP contribution in [0.5, 0.6) is 0 Å². The van der Waals surface area contributed by atoms with Gasteiger partial charge in [0.2, 0.25) is 11.1 Å². The molecule has 1 aliphatic heterocycles. The Morgan fingerprint density at radius 3 is 2.78 bits per heavy atom. The molecular weight excluding hydrogens is 258 g/mol. The van der Waals surface area contributed by atoms with E-state index in [1.54, 1.807) is 4.90 Å². The smallest absolute Gasteiger partial charge is 0.256 e. The molecule has 0 aliphatic carbocycles. The highest BCUT2D eigenvalue weighted by atomic mass is 35.5. The number of amides is 2. The van der Waals surface area contributed by atoms with Crippen LogP contribution in [0.3, 0.4) is 0 Å². The van der Waals surface area contributed by atoms with Crippen molar-refractivity contribution in [3.8, 4) is 0 Å². The molecule has 2 heterocycles. The van der Waals surface area contributed by atoms with E-state index in [1.807, 2.05) is 0 Å². The molecule has 1 aromatic rings. The van der Waals surface area contributed by atoms with Crippen LogP contribution in [0.4, 0.5) is 0 Å². The zero-order valence-electron chi connectivity index (χ0n) is 9.74. The summed E-state index contributed by atoms with van der Waals surface area (Å²) in [5.74, 6) is -0.498. The van der Waals surface area contributed by atoms with Crippen molar-refractivity contribution in [1.29, 1.82) is 0 Å². The SMILES string of the molecule is O=C(NCC(=O)N1CCNCC1)c1ccoc1Cl. The summed E-state index contributed by atoms with van der Waals surface area (Å²) in [6, 6.07) is 1.47. The van der Waals surface area contributed by atoms with Gasteiger partial charge in [0.25, 0.3) is 5.91 Å². The Balaban J connectivity index is 1.82. The van der Waals surface area contributed by atoms with Crippen molar-refractivity contribution in [3.63, 3.8) is 0 Å². The van der Waals surface area contributed by atoms with E-state index in [9.17, 15) is 9.59 Å². The largest absolute Gasteiger partial charge is 0.452 e. The number of nitrogens with zero attached hydrogens (tertiary/aromatic N) is 1. The zero-order valence-corrected chi connectivity index (χ0v) is 10.5. The van der Waals surface area contributed by atoms with Crippen LogP contribution in [0.2, 0.25) is 5.22 Å². The van der Waals surface area contributed by atoms with Crippen LogP contribution in [0.25, 0.3) is 0 Å². The molecular formula is C11H14ClN3O3. The molecule has 2 N–H and O–H groups in total. The average molecular weight is 272 g/mol. The van der Waals surface area contributed by atoms with Gasteiger partial charge < -0.3 is 20.0 Å². The van der Waals surface area contributed by atoms with Gasteiger partial charge in [0.15, 0.2) is 0 Å². The number of hydrogen-bond donors (Lipinski definition) is 2. The van der Waals surface area contributed by atoms with E-state index >= 15 is 0 Å². The first-order valence-electron chi connectivity index (χ1n) is 5.68. The highest BCUT2D eigenvalue weighted by Crippen LogP contribution is 2.15. The maximum atomic E-state index is 11.8. The van der Waals surface area contributed by atoms with E-state index in [0.29, 0.717) is 13.1 Å². The molecule has 0 saturated carbocycles. The third-order valence-electron chi connectivity index (χ3n) is 2.73. The first-order valence-corrected chi connectivity index (χ1v) is 6.06. The summed E-state index contributed by atoms with van der Waals surface area (Å²) >= 11 is 5.67. The van der Waals surface area contributed by atoms with Gasteiger partial charge in [0.1, 0.15) is 0 Å². The fraction of sp³-hybridized carbons (Fsp3) is 0.455. The van der Waals surface area contributed by atoms with Gasteiger partial charge in [-0.25, -0.2) is 0 Å². The van der Waals surface area contributed by atoms with E-state index < -0.39 is 5.91 Å². The van der Waals surface area contributed by atoms with Crippen molar-refractivity contribution in [2.45, 2.75) is 0 Å². The van der Waals surface area contributed by atoms with Crippen LogP contribution in [0.1, 0.15) is 10.4 Å². The first kappa shape index (κ1) is 12.9. The van der Waals surface area contributed by atoms with Crippen LogP contribution in [-0.4, -0.2) is 49.4 Å². The molecule has 0 atom stereocenters. The molecule has 98 valence electrons. The van der Waals surface area contributed by atoms with E-state index in [0.717, 1.165) is 13.1 Å². The quantitative estimate of drug-likeness (QED) is 0.817. The number of hydrogen-bond acceptors (Lipinski definition) is 4. The lowest BCUT2D eigenvalue weighted by molar-refractivity contribution is -0.130. The van der Waals surface area contributed by atoms with Gasteiger partial charge in [-0.15, -0.1) is 0 Å². The Morgan fingerprint density at radius 2 is 2.17 bits per heavy atom. The second-order valence-corrected chi connectivity index (χ2v) is 4.26. The summed E-state index contributed by atoms with van der Waals surface area (Å²) in [6.07, 6.45) is 1.33. The van der Waals surface area contributed by atoms with Crippen LogP contribution in [0.15, 0.2) is 16.7 Å². The van der Waals surface area contributed by atoms with Crippen LogP contribution in [-0.2, 0) is 4.79 Å². The van der Waals surface area contributed by atoms with Gasteiger partial charge in [-0.05, 0) is 17.7 Å². The molecule has 0 bridgehead atoms. The topological polar surface area (TPSA) is 74.6 Å². The third-order valence-corrected chi connectivity index (χ3v) is 3.03. The molecule has 1 aromatic heterocycles. The minimum Gasteiger partial charge on any atom is -0.452 e. The summed E-state index contributed by atoms with van der Waals surface area (Å²) in [7, 11) is 0. The Kier molecular flexibility index (Phi) is 4.22. The summed E-state index contributed by atoms with van der Waals surface area (Å²) in [4.78, 5) is 25.2. The van der Waals surface area contributed by atoms with E-state index in [2.05, 4.69) is 10.6 Å². The molecule has 0 unspecified atom stereocenters. The normalized spacial score (nSPS) is 15.5. The van der Waals surface area contributed by atoms with Crippen molar-refractivity contribution < 1.29 is 14.0 Å². The monoisotopic (exact) mass is 271 g/mol. The molecule has 1 fully saturated rings. The lowest BCUT2D eigenvalue weighted by Gasteiger charge is -2.27. The predicted molar refractivity (Wildman–Crippen MR) is 65.5 cm³/mol. The molecule has 1 saturated heterocycles. The van der Waals surface area contributed by atoms with Gasteiger partial charge in [-0.1, -0.05) is 0 Å². The molecule has 2 rings (SSSR count). The molecule has 18 heavy (non-hydrogen) atoms. The van der Waals surface area contributed by atoms with Crippen molar-refractivity contribution in [2.24, 2.45) is 0 Å². The maximum Gasteiger partial charge on any atom is 0.256 e. The average Bonchev–Trinajstić information content (AvgIpc) is 2.83. The second-order valence-electron chi connectivity index (χ2n) is 3.92. The van der Waals surface area contributed by atoms with Crippen LogP contribution < -0.4 is 10.6 Å². The van der Waals surface area contributed by atoms with Gasteiger partial charge >= 0.3 is 0 Å². The van der Waals surface area contributed by atoms with E-state index in [-0.39, 0.29) is 23.2 Å². The van der Waals surface area contributed by atoms with Gasteiger partial charge in [-0.2, -0.15) is 0 Å². The Bertz CT molecular complexity index is 440. The lowest BCUT2D eigenvalue weighted by atomic mass is 10.3. The molecule has 7 heteroatoms. The van der Waals surface area contributed by atoms with Crippen molar-refractivity contribution in [1.82, 2.24) is 15.5 Å². The fourth-order valence-electron chi connectivity index (χ4n) is 1.73. The fourth-order valence-corrected chi connectivity index (χ4v) is 1.93. The Labute approximate surface area is 109 Å². The number of carbonyl (C=O) groups is 2. The Hall–Kier alpha value is -1.53. The van der Waals surface area contributed by atoms with Crippen molar-refractivity contribution in [3.05, 3.63) is 23.1 Å². The van der Waals surface area contributed by atoms with Crippen molar-refractivity contribution in [2.75, 3.05) is 32.7 Å².